The fourth-order valence-corrected chi connectivity index (χ4v) is 1.74. The zero-order valence-corrected chi connectivity index (χ0v) is 10.2. The molecule has 2 nitrogen and oxygen atoms in total. The van der Waals surface area contributed by atoms with Crippen molar-refractivity contribution in [1.29, 1.82) is 5.26 Å². The summed E-state index contributed by atoms with van der Waals surface area (Å²) in [7, 11) is 0. The average Bonchev–Trinajstić information content (AvgIpc) is 2.35. The van der Waals surface area contributed by atoms with Crippen LogP contribution in [0.5, 0.6) is 0 Å². The molecule has 1 aromatic rings. The van der Waals surface area contributed by atoms with E-state index in [2.05, 4.69) is 42.2 Å². The van der Waals surface area contributed by atoms with Crippen LogP contribution in [0.3, 0.4) is 0 Å². The third-order valence-corrected chi connectivity index (χ3v) is 2.76. The highest BCUT2D eigenvalue weighted by Crippen LogP contribution is 2.03. The van der Waals surface area contributed by atoms with Crippen molar-refractivity contribution in [3.05, 3.63) is 35.9 Å². The number of likely N-dealkylation sites (N-methyl/N-ethyl adjacent to an activating group) is 1. The average molecular weight is 216 g/mol. The van der Waals surface area contributed by atoms with E-state index in [1.807, 2.05) is 13.0 Å². The lowest BCUT2D eigenvalue weighted by Gasteiger charge is -2.21. The van der Waals surface area contributed by atoms with Crippen molar-refractivity contribution in [2.75, 3.05) is 19.6 Å². The highest BCUT2D eigenvalue weighted by Gasteiger charge is 2.07. The van der Waals surface area contributed by atoms with E-state index in [0.717, 1.165) is 26.1 Å². The van der Waals surface area contributed by atoms with Crippen molar-refractivity contribution in [3.8, 4) is 6.07 Å². The number of rotatable bonds is 6. The fourth-order valence-electron chi connectivity index (χ4n) is 1.74. The summed E-state index contributed by atoms with van der Waals surface area (Å²) in [4.78, 5) is 2.33. The Balaban J connectivity index is 2.38. The van der Waals surface area contributed by atoms with Crippen LogP contribution in [0.2, 0.25) is 0 Å². The van der Waals surface area contributed by atoms with Crippen LogP contribution in [0.1, 0.15) is 19.4 Å². The first-order valence-electron chi connectivity index (χ1n) is 5.92. The monoisotopic (exact) mass is 216 g/mol. The molecule has 86 valence electrons. The summed E-state index contributed by atoms with van der Waals surface area (Å²) >= 11 is 0. The molecule has 0 heterocycles. The minimum absolute atomic E-state index is 0.121. The predicted molar refractivity (Wildman–Crippen MR) is 67.0 cm³/mol. The van der Waals surface area contributed by atoms with Crippen molar-refractivity contribution >= 4 is 0 Å². The maximum Gasteiger partial charge on any atom is 0.0666 e. The minimum atomic E-state index is 0.121. The normalized spacial score (nSPS) is 12.4. The topological polar surface area (TPSA) is 27.0 Å². The van der Waals surface area contributed by atoms with E-state index in [4.69, 9.17) is 5.26 Å². The van der Waals surface area contributed by atoms with Gasteiger partial charge in [0.2, 0.25) is 0 Å². The van der Waals surface area contributed by atoms with Crippen molar-refractivity contribution in [3.63, 3.8) is 0 Å². The second-order valence-corrected chi connectivity index (χ2v) is 4.16. The largest absolute Gasteiger partial charge is 0.302 e. The van der Waals surface area contributed by atoms with Gasteiger partial charge in [0, 0.05) is 13.1 Å². The van der Waals surface area contributed by atoms with Gasteiger partial charge in [-0.25, -0.2) is 0 Å². The molecule has 1 atom stereocenters. The van der Waals surface area contributed by atoms with Crippen LogP contribution in [0.25, 0.3) is 0 Å². The van der Waals surface area contributed by atoms with Gasteiger partial charge in [-0.2, -0.15) is 5.26 Å². The molecule has 0 aliphatic rings. The van der Waals surface area contributed by atoms with E-state index in [1.165, 1.54) is 5.56 Å². The van der Waals surface area contributed by atoms with Crippen LogP contribution >= 0.6 is 0 Å². The SMILES string of the molecule is CCN(CCc1ccccc1)CC(C)C#N. The van der Waals surface area contributed by atoms with Crippen LogP contribution in [0.4, 0.5) is 0 Å². The van der Waals surface area contributed by atoms with Gasteiger partial charge in [-0.3, -0.25) is 0 Å². The van der Waals surface area contributed by atoms with E-state index < -0.39 is 0 Å². The van der Waals surface area contributed by atoms with Crippen LogP contribution in [0, 0.1) is 17.2 Å². The first-order valence-corrected chi connectivity index (χ1v) is 5.92. The molecule has 0 saturated carbocycles. The van der Waals surface area contributed by atoms with Crippen molar-refractivity contribution in [2.45, 2.75) is 20.3 Å². The predicted octanol–water partition coefficient (Wildman–Crippen LogP) is 2.71. The standard InChI is InChI=1S/C14H20N2/c1-3-16(12-13(2)11-15)10-9-14-7-5-4-6-8-14/h4-8,13H,3,9-10,12H2,1-2H3. The highest BCUT2D eigenvalue weighted by atomic mass is 15.1. The Hall–Kier alpha value is -1.33. The summed E-state index contributed by atoms with van der Waals surface area (Å²) in [6, 6.07) is 12.8. The van der Waals surface area contributed by atoms with Gasteiger partial charge in [0.15, 0.2) is 0 Å². The molecule has 16 heavy (non-hydrogen) atoms. The van der Waals surface area contributed by atoms with Gasteiger partial charge in [0.25, 0.3) is 0 Å². The molecule has 1 rings (SSSR count). The Kier molecular flexibility index (Phi) is 5.60. The summed E-state index contributed by atoms with van der Waals surface area (Å²) in [6.07, 6.45) is 1.06. The van der Waals surface area contributed by atoms with Gasteiger partial charge >= 0.3 is 0 Å². The van der Waals surface area contributed by atoms with Crippen molar-refractivity contribution in [1.82, 2.24) is 4.90 Å². The summed E-state index contributed by atoms with van der Waals surface area (Å²) in [5, 5.41) is 8.79. The molecule has 0 radical (unpaired) electrons. The Morgan fingerprint density at radius 3 is 2.56 bits per heavy atom. The van der Waals surface area contributed by atoms with Gasteiger partial charge in [0.05, 0.1) is 12.0 Å². The van der Waals surface area contributed by atoms with Gasteiger partial charge in [-0.15, -0.1) is 0 Å². The Morgan fingerprint density at radius 1 is 1.31 bits per heavy atom. The molecule has 0 N–H and O–H groups in total. The Labute approximate surface area is 98.5 Å². The first kappa shape index (κ1) is 12.7. The van der Waals surface area contributed by atoms with Gasteiger partial charge in [0.1, 0.15) is 0 Å². The molecule has 0 fully saturated rings. The lowest BCUT2D eigenvalue weighted by molar-refractivity contribution is 0.272. The summed E-state index contributed by atoms with van der Waals surface area (Å²) in [5.41, 5.74) is 1.37. The lowest BCUT2D eigenvalue weighted by Crippen LogP contribution is -2.30. The second kappa shape index (κ2) is 7.03. The Morgan fingerprint density at radius 2 is 2.00 bits per heavy atom. The van der Waals surface area contributed by atoms with E-state index in [1.54, 1.807) is 0 Å². The third-order valence-electron chi connectivity index (χ3n) is 2.76. The van der Waals surface area contributed by atoms with E-state index in [-0.39, 0.29) is 5.92 Å². The third kappa shape index (κ3) is 4.46. The molecule has 2 heteroatoms. The molecule has 1 unspecified atom stereocenters. The summed E-state index contributed by atoms with van der Waals surface area (Å²) in [6.45, 7) is 7.05. The maximum atomic E-state index is 8.79. The molecular weight excluding hydrogens is 196 g/mol. The van der Waals surface area contributed by atoms with Gasteiger partial charge in [-0.1, -0.05) is 37.3 Å². The molecule has 0 amide bonds. The second-order valence-electron chi connectivity index (χ2n) is 4.16. The first-order chi connectivity index (χ1) is 7.76. The van der Waals surface area contributed by atoms with E-state index >= 15 is 0 Å². The highest BCUT2D eigenvalue weighted by molar-refractivity contribution is 5.14. The molecule has 0 bridgehead atoms. The maximum absolute atomic E-state index is 8.79. The molecule has 1 aromatic carbocycles. The fraction of sp³-hybridized carbons (Fsp3) is 0.500. The van der Waals surface area contributed by atoms with Crippen LogP contribution in [0.15, 0.2) is 30.3 Å². The van der Waals surface area contributed by atoms with E-state index in [9.17, 15) is 0 Å². The molecule has 0 saturated heterocycles. The van der Waals surface area contributed by atoms with Crippen LogP contribution in [-0.2, 0) is 6.42 Å². The van der Waals surface area contributed by atoms with Crippen LogP contribution < -0.4 is 0 Å². The number of nitriles is 1. The molecule has 0 aromatic heterocycles. The summed E-state index contributed by atoms with van der Waals surface area (Å²) in [5.74, 6) is 0.121. The zero-order valence-electron chi connectivity index (χ0n) is 10.2. The Bertz CT molecular complexity index is 326. The lowest BCUT2D eigenvalue weighted by atomic mass is 10.1. The van der Waals surface area contributed by atoms with Crippen LogP contribution in [-0.4, -0.2) is 24.5 Å². The molecule has 0 spiro atoms. The summed E-state index contributed by atoms with van der Waals surface area (Å²) < 4.78 is 0. The minimum Gasteiger partial charge on any atom is -0.302 e. The number of hydrogen-bond donors (Lipinski definition) is 0. The van der Waals surface area contributed by atoms with E-state index in [0.29, 0.717) is 0 Å². The number of hydrogen-bond acceptors (Lipinski definition) is 2. The van der Waals surface area contributed by atoms with Gasteiger partial charge in [-0.05, 0) is 25.5 Å². The molecule has 0 aliphatic carbocycles. The van der Waals surface area contributed by atoms with Gasteiger partial charge < -0.3 is 4.90 Å². The zero-order chi connectivity index (χ0) is 11.8. The van der Waals surface area contributed by atoms with Crippen molar-refractivity contribution < 1.29 is 0 Å². The molecular formula is C14H20N2. The van der Waals surface area contributed by atoms with Crippen molar-refractivity contribution in [2.24, 2.45) is 5.92 Å². The number of benzene rings is 1. The molecule has 0 aliphatic heterocycles. The number of nitrogens with zero attached hydrogens (tertiary/aromatic N) is 2. The quantitative estimate of drug-likeness (QED) is 0.731. The smallest absolute Gasteiger partial charge is 0.0666 e.